The van der Waals surface area contributed by atoms with E-state index in [1.54, 1.807) is 16.0 Å². The third kappa shape index (κ3) is 3.88. The molecule has 26 heavy (non-hydrogen) atoms. The fourth-order valence-electron chi connectivity index (χ4n) is 2.98. The van der Waals surface area contributed by atoms with E-state index >= 15 is 0 Å². The molecule has 1 aromatic carbocycles. The molecule has 0 aliphatic carbocycles. The van der Waals surface area contributed by atoms with Gasteiger partial charge >= 0.3 is 0 Å². The van der Waals surface area contributed by atoms with Gasteiger partial charge in [-0.15, -0.1) is 11.3 Å². The highest BCUT2D eigenvalue weighted by atomic mass is 32.1. The van der Waals surface area contributed by atoms with Crippen LogP contribution in [-0.4, -0.2) is 33.7 Å². The van der Waals surface area contributed by atoms with Gasteiger partial charge in [0.05, 0.1) is 10.6 Å². The van der Waals surface area contributed by atoms with Crippen molar-refractivity contribution in [2.45, 2.75) is 33.6 Å². The molecular formula is C21H25N3OS. The normalized spacial score (nSPS) is 10.9. The Kier molecular flexibility index (Phi) is 5.89. The summed E-state index contributed by atoms with van der Waals surface area (Å²) in [5.74, 6) is 0.0459. The van der Waals surface area contributed by atoms with Gasteiger partial charge in [0, 0.05) is 13.1 Å². The van der Waals surface area contributed by atoms with Crippen LogP contribution in [0.15, 0.2) is 47.8 Å². The van der Waals surface area contributed by atoms with Gasteiger partial charge < -0.3 is 4.90 Å². The van der Waals surface area contributed by atoms with Gasteiger partial charge in [-0.25, -0.2) is 4.68 Å². The van der Waals surface area contributed by atoms with Gasteiger partial charge in [0.15, 0.2) is 0 Å². The number of aryl methyl sites for hydroxylation is 1. The summed E-state index contributed by atoms with van der Waals surface area (Å²) in [6.45, 7) is 7.79. The summed E-state index contributed by atoms with van der Waals surface area (Å²) >= 11 is 1.64. The molecule has 0 atom stereocenters. The van der Waals surface area contributed by atoms with Gasteiger partial charge in [0.25, 0.3) is 5.91 Å². The second-order valence-electron chi connectivity index (χ2n) is 6.43. The van der Waals surface area contributed by atoms with Gasteiger partial charge in [0.2, 0.25) is 0 Å². The number of benzene rings is 1. The second kappa shape index (κ2) is 8.32. The molecule has 136 valence electrons. The standard InChI is InChI=1S/C21H25N3OS/c1-4-12-23(13-5-2)21(25)19-15-18(20-7-6-14-26-20)22-24(19)17-10-8-16(3)9-11-17/h6-11,14-15H,4-5,12-13H2,1-3H3. The summed E-state index contributed by atoms with van der Waals surface area (Å²) < 4.78 is 1.79. The van der Waals surface area contributed by atoms with Crippen molar-refractivity contribution in [2.75, 3.05) is 13.1 Å². The first-order valence-electron chi connectivity index (χ1n) is 9.14. The molecule has 3 aromatic rings. The molecule has 0 spiro atoms. The molecule has 0 saturated carbocycles. The minimum atomic E-state index is 0.0459. The summed E-state index contributed by atoms with van der Waals surface area (Å²) in [4.78, 5) is 16.2. The van der Waals surface area contributed by atoms with E-state index in [1.807, 2.05) is 52.7 Å². The maximum Gasteiger partial charge on any atom is 0.272 e. The topological polar surface area (TPSA) is 38.1 Å². The molecule has 0 radical (unpaired) electrons. The van der Waals surface area contributed by atoms with Crippen molar-refractivity contribution in [2.24, 2.45) is 0 Å². The Balaban J connectivity index is 2.06. The Labute approximate surface area is 159 Å². The Hall–Kier alpha value is -2.40. The van der Waals surface area contributed by atoms with Crippen LogP contribution < -0.4 is 0 Å². The molecule has 0 saturated heterocycles. The third-order valence-electron chi connectivity index (χ3n) is 4.25. The summed E-state index contributed by atoms with van der Waals surface area (Å²) in [7, 11) is 0. The van der Waals surface area contributed by atoms with Crippen LogP contribution >= 0.6 is 11.3 Å². The monoisotopic (exact) mass is 367 g/mol. The smallest absolute Gasteiger partial charge is 0.272 e. The predicted molar refractivity (Wildman–Crippen MR) is 108 cm³/mol. The van der Waals surface area contributed by atoms with Crippen molar-refractivity contribution in [3.8, 4) is 16.3 Å². The number of hydrogen-bond acceptors (Lipinski definition) is 3. The summed E-state index contributed by atoms with van der Waals surface area (Å²) in [6.07, 6.45) is 1.89. The first-order valence-corrected chi connectivity index (χ1v) is 10.0. The molecule has 0 unspecified atom stereocenters. The van der Waals surface area contributed by atoms with E-state index in [4.69, 9.17) is 5.10 Å². The average Bonchev–Trinajstić information content (AvgIpc) is 3.31. The van der Waals surface area contributed by atoms with Crippen molar-refractivity contribution in [1.82, 2.24) is 14.7 Å². The van der Waals surface area contributed by atoms with E-state index in [1.165, 1.54) is 5.56 Å². The number of thiophene rings is 1. The molecule has 2 heterocycles. The van der Waals surface area contributed by atoms with Crippen LogP contribution in [0.4, 0.5) is 0 Å². The van der Waals surface area contributed by atoms with Gasteiger partial charge in [-0.2, -0.15) is 5.10 Å². The second-order valence-corrected chi connectivity index (χ2v) is 7.38. The van der Waals surface area contributed by atoms with Crippen LogP contribution in [0.1, 0.15) is 42.7 Å². The molecule has 2 aromatic heterocycles. The van der Waals surface area contributed by atoms with Crippen molar-refractivity contribution in [3.05, 3.63) is 59.1 Å². The van der Waals surface area contributed by atoms with Gasteiger partial charge in [-0.1, -0.05) is 37.6 Å². The Morgan fingerprint density at radius 2 is 1.81 bits per heavy atom. The number of hydrogen-bond donors (Lipinski definition) is 0. The molecule has 3 rings (SSSR count). The van der Waals surface area contributed by atoms with E-state index < -0.39 is 0 Å². The number of rotatable bonds is 7. The first kappa shape index (κ1) is 18.4. The maximum absolute atomic E-state index is 13.2. The van der Waals surface area contributed by atoms with Crippen molar-refractivity contribution >= 4 is 17.2 Å². The Morgan fingerprint density at radius 1 is 1.12 bits per heavy atom. The fraction of sp³-hybridized carbons (Fsp3) is 0.333. The van der Waals surface area contributed by atoms with Crippen molar-refractivity contribution < 1.29 is 4.79 Å². The summed E-state index contributed by atoms with van der Waals surface area (Å²) in [5, 5.41) is 6.79. The first-order chi connectivity index (χ1) is 12.6. The van der Waals surface area contributed by atoms with Crippen LogP contribution in [0.2, 0.25) is 0 Å². The average molecular weight is 368 g/mol. The lowest BCUT2D eigenvalue weighted by molar-refractivity contribution is 0.0746. The number of nitrogens with zero attached hydrogens (tertiary/aromatic N) is 3. The Morgan fingerprint density at radius 3 is 2.38 bits per heavy atom. The third-order valence-corrected chi connectivity index (χ3v) is 5.15. The largest absolute Gasteiger partial charge is 0.337 e. The zero-order valence-corrected chi connectivity index (χ0v) is 16.4. The zero-order valence-electron chi connectivity index (χ0n) is 15.6. The SMILES string of the molecule is CCCN(CCC)C(=O)c1cc(-c2cccs2)nn1-c1ccc(C)cc1. The highest BCUT2D eigenvalue weighted by molar-refractivity contribution is 7.13. The number of carbonyl (C=O) groups is 1. The van der Waals surface area contributed by atoms with Crippen LogP contribution in [0.25, 0.3) is 16.3 Å². The number of amides is 1. The summed E-state index contributed by atoms with van der Waals surface area (Å²) in [5.41, 5.74) is 3.57. The van der Waals surface area contributed by atoms with Crippen LogP contribution in [0, 0.1) is 6.92 Å². The van der Waals surface area contributed by atoms with Crippen molar-refractivity contribution in [1.29, 1.82) is 0 Å². The van der Waals surface area contributed by atoms with Gasteiger partial charge in [-0.3, -0.25) is 4.79 Å². The molecule has 0 fully saturated rings. The molecule has 0 aliphatic heterocycles. The quantitative estimate of drug-likeness (QED) is 0.578. The minimum absolute atomic E-state index is 0.0459. The lowest BCUT2D eigenvalue weighted by atomic mass is 10.2. The maximum atomic E-state index is 13.2. The molecule has 5 heteroatoms. The van der Waals surface area contributed by atoms with Crippen molar-refractivity contribution in [3.63, 3.8) is 0 Å². The molecule has 0 bridgehead atoms. The van der Waals surface area contributed by atoms with Crippen LogP contribution in [0.3, 0.4) is 0 Å². The van der Waals surface area contributed by atoms with E-state index in [0.29, 0.717) is 5.69 Å². The highest BCUT2D eigenvalue weighted by Gasteiger charge is 2.22. The Bertz CT molecular complexity index is 844. The zero-order chi connectivity index (χ0) is 18.5. The number of carbonyl (C=O) groups excluding carboxylic acids is 1. The molecule has 4 nitrogen and oxygen atoms in total. The minimum Gasteiger partial charge on any atom is -0.337 e. The molecule has 0 aliphatic rings. The molecule has 1 amide bonds. The lowest BCUT2D eigenvalue weighted by Crippen LogP contribution is -2.33. The van der Waals surface area contributed by atoms with E-state index in [0.717, 1.165) is 42.2 Å². The van der Waals surface area contributed by atoms with Crippen LogP contribution in [0.5, 0.6) is 0 Å². The van der Waals surface area contributed by atoms with Gasteiger partial charge in [0.1, 0.15) is 11.4 Å². The van der Waals surface area contributed by atoms with E-state index in [-0.39, 0.29) is 5.91 Å². The molecular weight excluding hydrogens is 342 g/mol. The van der Waals surface area contributed by atoms with E-state index in [2.05, 4.69) is 20.8 Å². The van der Waals surface area contributed by atoms with E-state index in [9.17, 15) is 4.79 Å². The summed E-state index contributed by atoms with van der Waals surface area (Å²) in [6, 6.07) is 14.1. The predicted octanol–water partition coefficient (Wildman–Crippen LogP) is 5.17. The van der Waals surface area contributed by atoms with Gasteiger partial charge in [-0.05, 0) is 49.4 Å². The number of aromatic nitrogens is 2. The highest BCUT2D eigenvalue weighted by Crippen LogP contribution is 2.26. The molecule has 0 N–H and O–H groups in total. The van der Waals surface area contributed by atoms with Crippen LogP contribution in [-0.2, 0) is 0 Å². The fourth-order valence-corrected chi connectivity index (χ4v) is 3.66. The lowest BCUT2D eigenvalue weighted by Gasteiger charge is -2.21.